The summed E-state index contributed by atoms with van der Waals surface area (Å²) in [5.74, 6) is 0.775. The smallest absolute Gasteiger partial charge is 0.221 e. The summed E-state index contributed by atoms with van der Waals surface area (Å²) in [6.45, 7) is 3.58. The molecule has 25 heavy (non-hydrogen) atoms. The van der Waals surface area contributed by atoms with Crippen LogP contribution in [0.5, 0.6) is 0 Å². The fourth-order valence-corrected chi connectivity index (χ4v) is 3.98. The van der Waals surface area contributed by atoms with Gasteiger partial charge in [0.25, 0.3) is 0 Å². The number of thioether (sulfide) groups is 1. The quantitative estimate of drug-likeness (QED) is 0.608. The lowest BCUT2D eigenvalue weighted by molar-refractivity contribution is -0.114. The molecule has 1 amide bonds. The number of anilines is 3. The van der Waals surface area contributed by atoms with Gasteiger partial charge in [0.1, 0.15) is 0 Å². The monoisotopic (exact) mass is 370 g/mol. The van der Waals surface area contributed by atoms with Gasteiger partial charge < -0.3 is 10.6 Å². The lowest BCUT2D eigenvalue weighted by atomic mass is 10.2. The highest BCUT2D eigenvalue weighted by Crippen LogP contribution is 2.30. The van der Waals surface area contributed by atoms with Crippen LogP contribution in [0.2, 0.25) is 0 Å². The molecule has 0 spiro atoms. The molecule has 1 heterocycles. The molecule has 1 aromatic heterocycles. The summed E-state index contributed by atoms with van der Waals surface area (Å²) in [5, 5.41) is 15.1. The van der Waals surface area contributed by atoms with E-state index in [-0.39, 0.29) is 5.91 Å². The highest BCUT2D eigenvalue weighted by Gasteiger charge is 2.06. The second-order valence-corrected chi connectivity index (χ2v) is 7.74. The van der Waals surface area contributed by atoms with Crippen LogP contribution in [0.25, 0.3) is 0 Å². The van der Waals surface area contributed by atoms with Gasteiger partial charge in [0, 0.05) is 24.1 Å². The molecule has 2 aromatic carbocycles. The van der Waals surface area contributed by atoms with Crippen LogP contribution in [-0.4, -0.2) is 16.1 Å². The second-order valence-electron chi connectivity index (χ2n) is 5.54. The lowest BCUT2D eigenvalue weighted by Crippen LogP contribution is -2.05. The zero-order valence-electron chi connectivity index (χ0n) is 13.9. The van der Waals surface area contributed by atoms with Crippen LogP contribution in [-0.2, 0) is 10.5 Å². The first kappa shape index (κ1) is 17.4. The Morgan fingerprint density at radius 2 is 1.92 bits per heavy atom. The van der Waals surface area contributed by atoms with Crippen LogP contribution in [0.4, 0.5) is 16.5 Å². The molecular weight excluding hydrogens is 352 g/mol. The highest BCUT2D eigenvalue weighted by molar-refractivity contribution is 8.00. The number of hydrogen-bond donors (Lipinski definition) is 2. The number of amides is 1. The molecule has 0 unspecified atom stereocenters. The molecule has 0 fully saturated rings. The maximum Gasteiger partial charge on any atom is 0.221 e. The molecule has 2 N–H and O–H groups in total. The Balaban J connectivity index is 1.61. The van der Waals surface area contributed by atoms with E-state index in [0.29, 0.717) is 0 Å². The molecule has 0 saturated heterocycles. The molecule has 5 nitrogen and oxygen atoms in total. The third-order valence-corrected chi connectivity index (χ3v) is 5.33. The number of carbonyl (C=O) groups is 1. The van der Waals surface area contributed by atoms with Gasteiger partial charge >= 0.3 is 0 Å². The average molecular weight is 371 g/mol. The highest BCUT2D eigenvalue weighted by atomic mass is 32.2. The molecule has 3 aromatic rings. The predicted molar refractivity (Wildman–Crippen MR) is 105 cm³/mol. The Hall–Kier alpha value is -2.38. The minimum Gasteiger partial charge on any atom is -0.330 e. The third kappa shape index (κ3) is 5.30. The molecule has 0 aliphatic heterocycles. The first-order chi connectivity index (χ1) is 12.1. The van der Waals surface area contributed by atoms with Gasteiger partial charge in [-0.15, -0.1) is 10.2 Å². The van der Waals surface area contributed by atoms with E-state index in [2.05, 4.69) is 52.0 Å². The van der Waals surface area contributed by atoms with E-state index in [9.17, 15) is 4.79 Å². The Morgan fingerprint density at radius 3 is 2.72 bits per heavy atom. The summed E-state index contributed by atoms with van der Waals surface area (Å²) in [6.07, 6.45) is 0. The Morgan fingerprint density at radius 1 is 1.12 bits per heavy atom. The topological polar surface area (TPSA) is 66.9 Å². The fourth-order valence-electron chi connectivity index (χ4n) is 2.27. The van der Waals surface area contributed by atoms with E-state index in [1.165, 1.54) is 29.4 Å². The molecule has 0 aliphatic carbocycles. The van der Waals surface area contributed by atoms with Crippen LogP contribution in [0.1, 0.15) is 18.1 Å². The number of nitrogens with one attached hydrogen (secondary N) is 2. The van der Waals surface area contributed by atoms with Crippen LogP contribution >= 0.6 is 23.1 Å². The summed E-state index contributed by atoms with van der Waals surface area (Å²) in [4.78, 5) is 11.1. The van der Waals surface area contributed by atoms with Crippen molar-refractivity contribution in [3.05, 3.63) is 59.7 Å². The molecule has 0 aliphatic rings. The van der Waals surface area contributed by atoms with Gasteiger partial charge in [-0.2, -0.15) is 0 Å². The van der Waals surface area contributed by atoms with Crippen molar-refractivity contribution in [3.63, 3.8) is 0 Å². The first-order valence-corrected chi connectivity index (χ1v) is 9.55. The van der Waals surface area contributed by atoms with Crippen LogP contribution < -0.4 is 10.6 Å². The number of nitrogens with zero attached hydrogens (tertiary/aromatic N) is 2. The Labute approximate surface area is 154 Å². The van der Waals surface area contributed by atoms with Gasteiger partial charge in [0.05, 0.1) is 0 Å². The Kier molecular flexibility index (Phi) is 5.67. The zero-order chi connectivity index (χ0) is 17.6. The number of aromatic nitrogens is 2. The van der Waals surface area contributed by atoms with E-state index >= 15 is 0 Å². The van der Waals surface area contributed by atoms with Crippen LogP contribution in [0.15, 0.2) is 52.9 Å². The largest absolute Gasteiger partial charge is 0.330 e. The van der Waals surface area contributed by atoms with Crippen molar-refractivity contribution in [3.8, 4) is 0 Å². The van der Waals surface area contributed by atoms with Gasteiger partial charge in [0.2, 0.25) is 11.0 Å². The van der Waals surface area contributed by atoms with E-state index < -0.39 is 0 Å². The summed E-state index contributed by atoms with van der Waals surface area (Å²) in [5.41, 5.74) is 4.14. The van der Waals surface area contributed by atoms with Crippen molar-refractivity contribution in [1.29, 1.82) is 0 Å². The predicted octanol–water partition coefficient (Wildman–Crippen LogP) is 4.84. The third-order valence-electron chi connectivity index (χ3n) is 3.29. The second kappa shape index (κ2) is 8.13. The van der Waals surface area contributed by atoms with Crippen LogP contribution in [0, 0.1) is 6.92 Å². The average Bonchev–Trinajstić information content (AvgIpc) is 3.00. The molecular formula is C18H18N4OS2. The lowest BCUT2D eigenvalue weighted by Gasteiger charge is -2.05. The van der Waals surface area contributed by atoms with Gasteiger partial charge in [-0.25, -0.2) is 0 Å². The summed E-state index contributed by atoms with van der Waals surface area (Å²) in [7, 11) is 0. The first-order valence-electron chi connectivity index (χ1n) is 7.75. The number of hydrogen-bond acceptors (Lipinski definition) is 6. The summed E-state index contributed by atoms with van der Waals surface area (Å²) >= 11 is 3.19. The SMILES string of the molecule is CC(=O)Nc1cccc(Nc2nnc(SCc3cccc(C)c3)s2)c1. The van der Waals surface area contributed by atoms with Crippen molar-refractivity contribution < 1.29 is 4.79 Å². The number of carbonyl (C=O) groups excluding carboxylic acids is 1. The molecule has 3 rings (SSSR count). The molecule has 7 heteroatoms. The summed E-state index contributed by atoms with van der Waals surface area (Å²) in [6, 6.07) is 16.0. The minimum atomic E-state index is -0.0945. The molecule has 0 radical (unpaired) electrons. The van der Waals surface area contributed by atoms with Crippen LogP contribution in [0.3, 0.4) is 0 Å². The molecule has 0 bridgehead atoms. The maximum atomic E-state index is 11.1. The van der Waals surface area contributed by atoms with Crippen molar-refractivity contribution in [2.45, 2.75) is 23.9 Å². The number of benzene rings is 2. The summed E-state index contributed by atoms with van der Waals surface area (Å²) < 4.78 is 0.919. The van der Waals surface area contributed by atoms with E-state index in [4.69, 9.17) is 0 Å². The number of rotatable bonds is 6. The number of aryl methyl sites for hydroxylation is 1. The standard InChI is InChI=1S/C18H18N4OS2/c1-12-5-3-6-14(9-12)11-24-18-22-21-17(25-18)20-16-8-4-7-15(10-16)19-13(2)23/h3-10H,11H2,1-2H3,(H,19,23)(H,20,21). The van der Waals surface area contributed by atoms with Gasteiger partial charge in [-0.1, -0.05) is 59.0 Å². The van der Waals surface area contributed by atoms with Gasteiger partial charge in [-0.05, 0) is 30.7 Å². The molecule has 128 valence electrons. The van der Waals surface area contributed by atoms with Crippen molar-refractivity contribution in [1.82, 2.24) is 10.2 Å². The van der Waals surface area contributed by atoms with E-state index in [1.807, 2.05) is 24.3 Å². The molecule has 0 atom stereocenters. The Bertz CT molecular complexity index is 879. The molecule has 0 saturated carbocycles. The van der Waals surface area contributed by atoms with Gasteiger partial charge in [-0.3, -0.25) is 4.79 Å². The normalized spacial score (nSPS) is 10.5. The maximum absolute atomic E-state index is 11.1. The zero-order valence-corrected chi connectivity index (χ0v) is 15.6. The van der Waals surface area contributed by atoms with E-state index in [0.717, 1.165) is 26.6 Å². The van der Waals surface area contributed by atoms with Crippen molar-refractivity contribution >= 4 is 45.5 Å². The minimum absolute atomic E-state index is 0.0945. The van der Waals surface area contributed by atoms with Crippen molar-refractivity contribution in [2.75, 3.05) is 10.6 Å². The van der Waals surface area contributed by atoms with Gasteiger partial charge in [0.15, 0.2) is 4.34 Å². The fraction of sp³-hybridized carbons (Fsp3) is 0.167. The van der Waals surface area contributed by atoms with E-state index in [1.54, 1.807) is 11.8 Å². The van der Waals surface area contributed by atoms with Crippen molar-refractivity contribution in [2.24, 2.45) is 0 Å².